The average molecular weight is 420 g/mol. The molecule has 0 fully saturated rings. The number of hydrogen-bond donors (Lipinski definition) is 1. The quantitative estimate of drug-likeness (QED) is 0.270. The summed E-state index contributed by atoms with van der Waals surface area (Å²) in [5.74, 6) is 0. The molecule has 0 unspecified atom stereocenters. The molecule has 150 valence electrons. The van der Waals surface area contributed by atoms with Gasteiger partial charge in [-0.2, -0.15) is 9.80 Å². The van der Waals surface area contributed by atoms with Crippen LogP contribution in [0.2, 0.25) is 0 Å². The summed E-state index contributed by atoms with van der Waals surface area (Å²) in [5.41, 5.74) is 3.54. The van der Waals surface area contributed by atoms with E-state index in [1.165, 1.54) is 28.2 Å². The molecular weight excluding hydrogens is 404 g/mol. The third kappa shape index (κ3) is 3.80. The Balaban J connectivity index is 1.62. The van der Waals surface area contributed by atoms with E-state index < -0.39 is 4.92 Å². The summed E-state index contributed by atoms with van der Waals surface area (Å²) in [6.45, 7) is 3.72. The molecule has 9 nitrogen and oxygen atoms in total. The number of aromatic amines is 1. The third-order valence-electron chi connectivity index (χ3n) is 4.40. The van der Waals surface area contributed by atoms with Gasteiger partial charge < -0.3 is 0 Å². The van der Waals surface area contributed by atoms with Crippen LogP contribution in [0.15, 0.2) is 68.9 Å². The molecule has 2 heterocycles. The molecular formula is C20H16N6O3S. The summed E-state index contributed by atoms with van der Waals surface area (Å²) in [6, 6.07) is 13.6. The van der Waals surface area contributed by atoms with Crippen molar-refractivity contribution in [2.45, 2.75) is 13.8 Å². The van der Waals surface area contributed by atoms with Gasteiger partial charge in [0.25, 0.3) is 5.69 Å². The van der Waals surface area contributed by atoms with Crippen LogP contribution in [0, 0.1) is 24.0 Å². The molecule has 10 heteroatoms. The van der Waals surface area contributed by atoms with Gasteiger partial charge in [-0.1, -0.05) is 17.7 Å². The smallest absolute Gasteiger partial charge is 0.291 e. The zero-order chi connectivity index (χ0) is 21.3. The largest absolute Gasteiger partial charge is 0.301 e. The summed E-state index contributed by atoms with van der Waals surface area (Å²) in [6.07, 6.45) is 0. The molecule has 0 aliphatic carbocycles. The molecule has 4 aromatic rings. The minimum Gasteiger partial charge on any atom is -0.291 e. The molecule has 0 atom stereocenters. The molecule has 1 N–H and O–H groups in total. The van der Waals surface area contributed by atoms with Crippen LogP contribution >= 0.6 is 11.3 Å². The number of benzene rings is 2. The van der Waals surface area contributed by atoms with Gasteiger partial charge in [0.15, 0.2) is 5.69 Å². The Morgan fingerprint density at radius 3 is 2.43 bits per heavy atom. The Hall–Kier alpha value is -3.92. The lowest BCUT2D eigenvalue weighted by Crippen LogP contribution is -2.13. The number of azo groups is 1. The summed E-state index contributed by atoms with van der Waals surface area (Å²) in [5, 5.41) is 24.3. The molecule has 0 aliphatic rings. The molecule has 2 aromatic carbocycles. The highest BCUT2D eigenvalue weighted by atomic mass is 32.1. The Morgan fingerprint density at radius 1 is 1.07 bits per heavy atom. The van der Waals surface area contributed by atoms with Crippen LogP contribution in [0.1, 0.15) is 11.3 Å². The monoisotopic (exact) mass is 420 g/mol. The SMILES string of the molecule is Cc1ccc(N=Nc2c(C)[nH]n(-c3nc(-c4ccc([N+](=O)[O-])cc4)cs3)c2=O)cc1. The molecule has 2 aromatic heterocycles. The van der Waals surface area contributed by atoms with Crippen molar-refractivity contribution in [1.82, 2.24) is 14.8 Å². The lowest BCUT2D eigenvalue weighted by Gasteiger charge is -1.97. The van der Waals surface area contributed by atoms with Crippen LogP contribution in [0.25, 0.3) is 16.4 Å². The van der Waals surface area contributed by atoms with Crippen molar-refractivity contribution < 1.29 is 4.92 Å². The van der Waals surface area contributed by atoms with E-state index >= 15 is 0 Å². The van der Waals surface area contributed by atoms with Gasteiger partial charge in [0.2, 0.25) is 5.13 Å². The van der Waals surface area contributed by atoms with Crippen LogP contribution < -0.4 is 5.56 Å². The first-order valence-corrected chi connectivity index (χ1v) is 9.81. The number of nitrogens with zero attached hydrogens (tertiary/aromatic N) is 5. The molecule has 0 spiro atoms. The van der Waals surface area contributed by atoms with Crippen LogP contribution in [-0.4, -0.2) is 19.7 Å². The highest BCUT2D eigenvalue weighted by Crippen LogP contribution is 2.26. The zero-order valence-electron chi connectivity index (χ0n) is 16.1. The predicted molar refractivity (Wildman–Crippen MR) is 114 cm³/mol. The van der Waals surface area contributed by atoms with Crippen molar-refractivity contribution in [2.75, 3.05) is 0 Å². The van der Waals surface area contributed by atoms with Crippen molar-refractivity contribution in [3.05, 3.63) is 85.6 Å². The molecule has 0 bridgehead atoms. The van der Waals surface area contributed by atoms with Crippen molar-refractivity contribution in [3.8, 4) is 16.4 Å². The number of nitrogens with one attached hydrogen (secondary N) is 1. The second kappa shape index (κ2) is 7.84. The second-order valence-corrected chi connectivity index (χ2v) is 7.42. The molecule has 0 saturated heterocycles. The van der Waals surface area contributed by atoms with Crippen LogP contribution in [-0.2, 0) is 0 Å². The van der Waals surface area contributed by atoms with E-state index in [1.54, 1.807) is 24.4 Å². The van der Waals surface area contributed by atoms with Gasteiger partial charge >= 0.3 is 5.56 Å². The zero-order valence-corrected chi connectivity index (χ0v) is 16.9. The summed E-state index contributed by atoms with van der Waals surface area (Å²) < 4.78 is 1.32. The Morgan fingerprint density at radius 2 is 1.77 bits per heavy atom. The Labute approximate surface area is 174 Å². The van der Waals surface area contributed by atoms with E-state index in [4.69, 9.17) is 0 Å². The topological polar surface area (TPSA) is 119 Å². The molecule has 0 amide bonds. The van der Waals surface area contributed by atoms with Gasteiger partial charge in [-0.05, 0) is 38.1 Å². The maximum absolute atomic E-state index is 12.8. The molecule has 4 rings (SSSR count). The van der Waals surface area contributed by atoms with Gasteiger partial charge in [-0.15, -0.1) is 16.5 Å². The van der Waals surface area contributed by atoms with E-state index in [0.717, 1.165) is 11.1 Å². The Kier molecular flexibility index (Phi) is 5.07. The van der Waals surface area contributed by atoms with Crippen LogP contribution in [0.4, 0.5) is 17.1 Å². The van der Waals surface area contributed by atoms with E-state index in [1.807, 2.05) is 31.2 Å². The molecule has 0 saturated carbocycles. The fourth-order valence-corrected chi connectivity index (χ4v) is 3.55. The number of nitro benzene ring substituents is 1. The van der Waals surface area contributed by atoms with Gasteiger partial charge in [0, 0.05) is 23.1 Å². The lowest BCUT2D eigenvalue weighted by atomic mass is 10.1. The first kappa shape index (κ1) is 19.4. The fraction of sp³-hybridized carbons (Fsp3) is 0.100. The summed E-state index contributed by atoms with van der Waals surface area (Å²) >= 11 is 1.27. The maximum Gasteiger partial charge on any atom is 0.301 e. The third-order valence-corrected chi connectivity index (χ3v) is 5.22. The average Bonchev–Trinajstić information content (AvgIpc) is 3.33. The number of rotatable bonds is 5. The number of aryl methyl sites for hydroxylation is 2. The van der Waals surface area contributed by atoms with Gasteiger partial charge in [-0.25, -0.2) is 4.98 Å². The van der Waals surface area contributed by atoms with Crippen molar-refractivity contribution in [1.29, 1.82) is 0 Å². The normalized spacial score (nSPS) is 11.3. The number of H-pyrrole nitrogens is 1. The number of non-ortho nitro benzene ring substituents is 1. The van der Waals surface area contributed by atoms with E-state index in [9.17, 15) is 14.9 Å². The number of nitro groups is 1. The van der Waals surface area contributed by atoms with E-state index in [0.29, 0.717) is 22.2 Å². The number of hydrogen-bond acceptors (Lipinski definition) is 7. The van der Waals surface area contributed by atoms with Gasteiger partial charge in [0.1, 0.15) is 0 Å². The standard InChI is InChI=1S/C20H16N6O3S/c1-12-3-7-15(8-4-12)22-23-18-13(2)24-25(19(18)27)20-21-17(11-30-20)14-5-9-16(10-6-14)26(28)29/h3-11,24H,1-2H3. The fourth-order valence-electron chi connectivity index (χ4n) is 2.76. The molecule has 30 heavy (non-hydrogen) atoms. The second-order valence-electron chi connectivity index (χ2n) is 6.58. The van der Waals surface area contributed by atoms with E-state index in [2.05, 4.69) is 20.3 Å². The van der Waals surface area contributed by atoms with Crippen molar-refractivity contribution in [2.24, 2.45) is 10.2 Å². The lowest BCUT2D eigenvalue weighted by molar-refractivity contribution is -0.384. The predicted octanol–water partition coefficient (Wildman–Crippen LogP) is 5.23. The van der Waals surface area contributed by atoms with Crippen molar-refractivity contribution in [3.63, 3.8) is 0 Å². The summed E-state index contributed by atoms with van der Waals surface area (Å²) in [7, 11) is 0. The first-order valence-electron chi connectivity index (χ1n) is 8.93. The van der Waals surface area contributed by atoms with Gasteiger partial charge in [0.05, 0.1) is 22.0 Å². The van der Waals surface area contributed by atoms with E-state index in [-0.39, 0.29) is 16.9 Å². The van der Waals surface area contributed by atoms with Gasteiger partial charge in [-0.3, -0.25) is 20.0 Å². The highest BCUT2D eigenvalue weighted by molar-refractivity contribution is 7.12. The van der Waals surface area contributed by atoms with Crippen LogP contribution in [0.5, 0.6) is 0 Å². The molecule has 0 radical (unpaired) electrons. The summed E-state index contributed by atoms with van der Waals surface area (Å²) in [4.78, 5) is 27.6. The molecule has 0 aliphatic heterocycles. The minimum atomic E-state index is -0.454. The minimum absolute atomic E-state index is 0.00833. The highest BCUT2D eigenvalue weighted by Gasteiger charge is 2.16. The Bertz CT molecular complexity index is 1300. The maximum atomic E-state index is 12.8. The van der Waals surface area contributed by atoms with Crippen molar-refractivity contribution >= 4 is 28.4 Å². The number of aromatic nitrogens is 3. The number of thiazole rings is 1. The first-order chi connectivity index (χ1) is 14.4. The van der Waals surface area contributed by atoms with Crippen LogP contribution in [0.3, 0.4) is 0 Å².